The molecule has 0 saturated carbocycles. The summed E-state index contributed by atoms with van der Waals surface area (Å²) in [5.41, 5.74) is 0.181. The summed E-state index contributed by atoms with van der Waals surface area (Å²) in [5.74, 6) is -0.700. The highest BCUT2D eigenvalue weighted by Crippen LogP contribution is 2.26. The normalized spacial score (nSPS) is 11.4. The minimum Gasteiger partial charge on any atom is -0.388 e. The highest BCUT2D eigenvalue weighted by molar-refractivity contribution is 14.1. The molecule has 0 saturated heterocycles. The number of hydrogen-bond donors (Lipinski definition) is 0. The fourth-order valence-electron chi connectivity index (χ4n) is 0.942. The van der Waals surface area contributed by atoms with Crippen LogP contribution in [0.2, 0.25) is 0 Å². The Bertz CT molecular complexity index is 436. The molecule has 0 atom stereocenters. The van der Waals surface area contributed by atoms with Crippen molar-refractivity contribution < 1.29 is 22.7 Å². The van der Waals surface area contributed by atoms with Gasteiger partial charge in [0.05, 0.1) is 11.3 Å². The molecule has 0 aromatic carbocycles. The van der Waals surface area contributed by atoms with E-state index in [0.29, 0.717) is 3.57 Å². The summed E-state index contributed by atoms with van der Waals surface area (Å²) < 4.78 is 39.8. The second-order valence-corrected chi connectivity index (χ2v) is 4.15. The van der Waals surface area contributed by atoms with Crippen molar-refractivity contribution in [2.45, 2.75) is 13.3 Å². The lowest BCUT2D eigenvalue weighted by Crippen LogP contribution is -2.18. The Kier molecular flexibility index (Phi) is 4.00. The Balaban J connectivity index is 3.19. The molecule has 16 heavy (non-hydrogen) atoms. The molecule has 0 fully saturated rings. The Labute approximate surface area is 107 Å². The molecular weight excluding hydrogens is 361 g/mol. The fraction of sp³-hybridized carbons (Fsp3) is 0.250. The van der Waals surface area contributed by atoms with Crippen LogP contribution in [0.3, 0.4) is 0 Å². The zero-order valence-electron chi connectivity index (χ0n) is 7.73. The summed E-state index contributed by atoms with van der Waals surface area (Å²) in [7, 11) is 0. The molecule has 1 aromatic heterocycles. The predicted octanol–water partition coefficient (Wildman–Crippen LogP) is 3.27. The minimum absolute atomic E-state index is 0.0611. The van der Waals surface area contributed by atoms with E-state index in [2.05, 4.69) is 9.72 Å². The highest BCUT2D eigenvalue weighted by atomic mass is 127. The number of nitrogens with zero attached hydrogens (tertiary/aromatic N) is 1. The topological polar surface area (TPSA) is 39.2 Å². The summed E-state index contributed by atoms with van der Waals surface area (Å²) in [4.78, 5) is 14.5. The first-order valence-electron chi connectivity index (χ1n) is 3.83. The van der Waals surface area contributed by atoms with Gasteiger partial charge in [0, 0.05) is 9.64 Å². The Hall–Kier alpha value is -0.570. The van der Waals surface area contributed by atoms with Crippen molar-refractivity contribution in [3.05, 3.63) is 20.9 Å². The van der Waals surface area contributed by atoms with E-state index < -0.39 is 17.5 Å². The Morgan fingerprint density at radius 3 is 2.56 bits per heavy atom. The first-order chi connectivity index (χ1) is 7.20. The third-order valence-electron chi connectivity index (χ3n) is 1.53. The molecule has 1 heterocycles. The van der Waals surface area contributed by atoms with E-state index in [1.807, 2.05) is 0 Å². The minimum atomic E-state index is -4.85. The van der Waals surface area contributed by atoms with Gasteiger partial charge in [0.15, 0.2) is 0 Å². The number of aryl methyl sites for hydroxylation is 1. The van der Waals surface area contributed by atoms with Gasteiger partial charge in [-0.3, -0.25) is 4.79 Å². The molecule has 0 radical (unpaired) electrons. The standard InChI is InChI=1S/C8H4ClF3INO2/c1-3-6(13)4(7(9)15)2-5(14-3)16-8(10,11)12/h2H,1H3. The quantitative estimate of drug-likeness (QED) is 0.596. The van der Waals surface area contributed by atoms with E-state index in [9.17, 15) is 18.0 Å². The van der Waals surface area contributed by atoms with E-state index in [1.54, 1.807) is 22.6 Å². The van der Waals surface area contributed by atoms with Crippen molar-refractivity contribution >= 4 is 39.4 Å². The summed E-state index contributed by atoms with van der Waals surface area (Å²) in [6.45, 7) is 1.45. The van der Waals surface area contributed by atoms with E-state index in [1.165, 1.54) is 6.92 Å². The number of aromatic nitrogens is 1. The van der Waals surface area contributed by atoms with E-state index in [4.69, 9.17) is 11.6 Å². The van der Waals surface area contributed by atoms with Gasteiger partial charge in [-0.15, -0.1) is 13.2 Å². The van der Waals surface area contributed by atoms with Gasteiger partial charge in [0.2, 0.25) is 5.88 Å². The van der Waals surface area contributed by atoms with E-state index in [-0.39, 0.29) is 11.3 Å². The number of carbonyl (C=O) groups is 1. The SMILES string of the molecule is Cc1nc(OC(F)(F)F)cc(C(=O)Cl)c1I. The van der Waals surface area contributed by atoms with Crippen LogP contribution < -0.4 is 4.74 Å². The van der Waals surface area contributed by atoms with Gasteiger partial charge in [-0.1, -0.05) is 0 Å². The maximum absolute atomic E-state index is 11.9. The number of hydrogen-bond acceptors (Lipinski definition) is 3. The first kappa shape index (κ1) is 13.5. The van der Waals surface area contributed by atoms with Crippen molar-refractivity contribution in [2.75, 3.05) is 0 Å². The summed E-state index contributed by atoms with van der Waals surface area (Å²) in [6.07, 6.45) is -4.85. The molecule has 0 N–H and O–H groups in total. The van der Waals surface area contributed by atoms with Crippen molar-refractivity contribution in [3.8, 4) is 5.88 Å². The molecule has 0 aliphatic rings. The van der Waals surface area contributed by atoms with Gasteiger partial charge in [-0.2, -0.15) is 0 Å². The second-order valence-electron chi connectivity index (χ2n) is 2.73. The molecule has 0 spiro atoms. The smallest absolute Gasteiger partial charge is 0.388 e. The lowest BCUT2D eigenvalue weighted by Gasteiger charge is -2.10. The Morgan fingerprint density at radius 2 is 2.12 bits per heavy atom. The van der Waals surface area contributed by atoms with Gasteiger partial charge in [-0.25, -0.2) is 4.98 Å². The molecule has 88 valence electrons. The van der Waals surface area contributed by atoms with Crippen molar-refractivity contribution in [1.29, 1.82) is 0 Å². The first-order valence-corrected chi connectivity index (χ1v) is 5.29. The van der Waals surface area contributed by atoms with Crippen LogP contribution in [-0.4, -0.2) is 16.6 Å². The lowest BCUT2D eigenvalue weighted by atomic mass is 10.2. The fourth-order valence-corrected chi connectivity index (χ4v) is 1.77. The molecule has 1 aromatic rings. The highest BCUT2D eigenvalue weighted by Gasteiger charge is 2.32. The van der Waals surface area contributed by atoms with Crippen LogP contribution in [0.15, 0.2) is 6.07 Å². The third kappa shape index (κ3) is 3.48. The number of pyridine rings is 1. The van der Waals surface area contributed by atoms with Crippen LogP contribution in [0.25, 0.3) is 0 Å². The maximum Gasteiger partial charge on any atom is 0.574 e. The molecule has 1 rings (SSSR count). The van der Waals surface area contributed by atoms with Crippen molar-refractivity contribution in [1.82, 2.24) is 4.98 Å². The summed E-state index contributed by atoms with van der Waals surface area (Å²) >= 11 is 6.98. The lowest BCUT2D eigenvalue weighted by molar-refractivity contribution is -0.276. The number of rotatable bonds is 2. The van der Waals surface area contributed by atoms with Crippen LogP contribution in [-0.2, 0) is 0 Å². The summed E-state index contributed by atoms with van der Waals surface area (Å²) in [5, 5.41) is -0.859. The largest absolute Gasteiger partial charge is 0.574 e. The van der Waals surface area contributed by atoms with E-state index in [0.717, 1.165) is 6.07 Å². The molecule has 3 nitrogen and oxygen atoms in total. The predicted molar refractivity (Wildman–Crippen MR) is 58.6 cm³/mol. The van der Waals surface area contributed by atoms with Crippen molar-refractivity contribution in [3.63, 3.8) is 0 Å². The van der Waals surface area contributed by atoms with Crippen LogP contribution in [0.5, 0.6) is 5.88 Å². The maximum atomic E-state index is 11.9. The van der Waals surface area contributed by atoms with Gasteiger partial charge in [0.1, 0.15) is 0 Å². The van der Waals surface area contributed by atoms with Crippen LogP contribution in [0.1, 0.15) is 16.1 Å². The zero-order chi connectivity index (χ0) is 12.5. The molecule has 0 bridgehead atoms. The zero-order valence-corrected chi connectivity index (χ0v) is 10.6. The average Bonchev–Trinajstić information content (AvgIpc) is 2.07. The molecular formula is C8H4ClF3INO2. The molecule has 0 aliphatic carbocycles. The molecule has 8 heteroatoms. The Morgan fingerprint density at radius 1 is 1.56 bits per heavy atom. The van der Waals surface area contributed by atoms with E-state index >= 15 is 0 Å². The third-order valence-corrected chi connectivity index (χ3v) is 3.10. The molecule has 0 amide bonds. The number of ether oxygens (including phenoxy) is 1. The van der Waals surface area contributed by atoms with Crippen molar-refractivity contribution in [2.24, 2.45) is 0 Å². The van der Waals surface area contributed by atoms with Crippen LogP contribution >= 0.6 is 34.2 Å². The van der Waals surface area contributed by atoms with Crippen LogP contribution in [0.4, 0.5) is 13.2 Å². The number of halogens is 5. The van der Waals surface area contributed by atoms with Crippen LogP contribution in [0, 0.1) is 10.5 Å². The van der Waals surface area contributed by atoms with Gasteiger partial charge >= 0.3 is 6.36 Å². The molecule has 0 aliphatic heterocycles. The number of alkyl halides is 3. The second kappa shape index (κ2) is 4.74. The average molecular weight is 365 g/mol. The van der Waals surface area contributed by atoms with Gasteiger partial charge in [0.25, 0.3) is 5.24 Å². The molecule has 0 unspecified atom stereocenters. The summed E-state index contributed by atoms with van der Waals surface area (Å²) in [6, 6.07) is 0.859. The van der Waals surface area contributed by atoms with Gasteiger partial charge < -0.3 is 4.74 Å². The number of carbonyl (C=O) groups excluding carboxylic acids is 1. The monoisotopic (exact) mass is 365 g/mol. The van der Waals surface area contributed by atoms with Gasteiger partial charge in [-0.05, 0) is 41.1 Å².